The molecular formula is C71H130O6. The molecule has 0 saturated carbocycles. The molecule has 0 aliphatic carbocycles. The standard InChI is InChI=1S/C71H130O6/c1-4-7-10-13-16-19-22-25-28-30-32-33-34-35-36-37-39-40-43-46-49-52-55-58-61-64-70(73)76-67-68(66-75-69(72)63-60-57-54-51-48-45-42-27-24-21-18-15-12-9-6-3)77-71(74)65-62-59-56-53-50-47-44-41-38-31-29-26-23-20-17-14-11-8-5-2/h17,20,26-27,29,38,41-42,68H,4-16,18-19,21-25,28,30-37,39-40,43-67H2,1-3H3/b20-17-,29-26-,41-38-,42-27-. The number of ether oxygens (including phenoxy) is 3. The van der Waals surface area contributed by atoms with Gasteiger partial charge in [-0.15, -0.1) is 0 Å². The highest BCUT2D eigenvalue weighted by molar-refractivity contribution is 5.71. The van der Waals surface area contributed by atoms with Crippen molar-refractivity contribution in [3.05, 3.63) is 48.6 Å². The Morgan fingerprint density at radius 2 is 0.468 bits per heavy atom. The van der Waals surface area contributed by atoms with Crippen molar-refractivity contribution < 1.29 is 28.6 Å². The molecule has 450 valence electrons. The van der Waals surface area contributed by atoms with Gasteiger partial charge in [0.25, 0.3) is 0 Å². The van der Waals surface area contributed by atoms with Gasteiger partial charge in [-0.05, 0) is 83.5 Å². The second-order valence-corrected chi connectivity index (χ2v) is 23.1. The molecule has 0 aromatic carbocycles. The van der Waals surface area contributed by atoms with Crippen LogP contribution in [0, 0.1) is 0 Å². The Morgan fingerprint density at radius 1 is 0.260 bits per heavy atom. The lowest BCUT2D eigenvalue weighted by molar-refractivity contribution is -0.167. The average Bonchev–Trinajstić information content (AvgIpc) is 3.43. The number of unbranched alkanes of at least 4 members (excludes halogenated alkanes) is 44. The summed E-state index contributed by atoms with van der Waals surface area (Å²) in [6, 6.07) is 0. The highest BCUT2D eigenvalue weighted by Gasteiger charge is 2.19. The molecule has 0 aromatic heterocycles. The van der Waals surface area contributed by atoms with Crippen LogP contribution in [0.1, 0.15) is 367 Å². The van der Waals surface area contributed by atoms with Crippen molar-refractivity contribution in [2.24, 2.45) is 0 Å². The minimum atomic E-state index is -0.783. The number of hydrogen-bond donors (Lipinski definition) is 0. The van der Waals surface area contributed by atoms with Crippen LogP contribution in [-0.2, 0) is 28.6 Å². The van der Waals surface area contributed by atoms with Crippen molar-refractivity contribution in [1.29, 1.82) is 0 Å². The first-order valence-electron chi connectivity index (χ1n) is 34.1. The van der Waals surface area contributed by atoms with Gasteiger partial charge in [-0.2, -0.15) is 0 Å². The van der Waals surface area contributed by atoms with E-state index in [2.05, 4.69) is 69.4 Å². The smallest absolute Gasteiger partial charge is 0.306 e. The van der Waals surface area contributed by atoms with Crippen LogP contribution in [0.3, 0.4) is 0 Å². The van der Waals surface area contributed by atoms with E-state index in [1.807, 2.05) is 0 Å². The van der Waals surface area contributed by atoms with Gasteiger partial charge in [0.2, 0.25) is 0 Å². The Balaban J connectivity index is 4.29. The molecule has 0 fully saturated rings. The Kier molecular flexibility index (Phi) is 63.6. The van der Waals surface area contributed by atoms with E-state index in [0.717, 1.165) is 89.9 Å². The zero-order chi connectivity index (χ0) is 55.7. The largest absolute Gasteiger partial charge is 0.462 e. The number of carbonyl (C=O) groups is 3. The Morgan fingerprint density at radius 3 is 0.766 bits per heavy atom. The van der Waals surface area contributed by atoms with E-state index in [1.165, 1.54) is 238 Å². The Hall–Kier alpha value is -2.63. The maximum absolute atomic E-state index is 12.9. The maximum Gasteiger partial charge on any atom is 0.306 e. The molecule has 0 aliphatic rings. The fourth-order valence-electron chi connectivity index (χ4n) is 10.2. The quantitative estimate of drug-likeness (QED) is 0.0261. The molecular weight excluding hydrogens is 949 g/mol. The van der Waals surface area contributed by atoms with Crippen LogP contribution in [0.2, 0.25) is 0 Å². The first-order valence-corrected chi connectivity index (χ1v) is 34.1. The van der Waals surface area contributed by atoms with E-state index < -0.39 is 6.10 Å². The SMILES string of the molecule is CCCCC/C=C\C/C=C\C/C=C\CCCCCCCCC(=O)OC(COC(=O)CCCCCCC/C=C\CCCCCCCC)COC(=O)CCCCCCCCCCCCCCCCCCCCCCCCCCC. The van der Waals surface area contributed by atoms with Gasteiger partial charge in [0.05, 0.1) is 0 Å². The fraction of sp³-hybridized carbons (Fsp3) is 0.845. The number of hydrogen-bond acceptors (Lipinski definition) is 6. The van der Waals surface area contributed by atoms with E-state index in [0.29, 0.717) is 19.3 Å². The van der Waals surface area contributed by atoms with Gasteiger partial charge in [-0.25, -0.2) is 0 Å². The third-order valence-electron chi connectivity index (χ3n) is 15.3. The van der Waals surface area contributed by atoms with E-state index in [4.69, 9.17) is 14.2 Å². The molecule has 0 heterocycles. The third kappa shape index (κ3) is 64.1. The summed E-state index contributed by atoms with van der Waals surface area (Å²) in [4.78, 5) is 38.4. The molecule has 0 amide bonds. The van der Waals surface area contributed by atoms with Crippen molar-refractivity contribution in [2.45, 2.75) is 374 Å². The summed E-state index contributed by atoms with van der Waals surface area (Å²) in [6.45, 7) is 6.65. The molecule has 0 radical (unpaired) electrons. The zero-order valence-electron chi connectivity index (χ0n) is 51.7. The highest BCUT2D eigenvalue weighted by Crippen LogP contribution is 2.18. The number of rotatable bonds is 63. The van der Waals surface area contributed by atoms with Crippen molar-refractivity contribution >= 4 is 17.9 Å². The molecule has 77 heavy (non-hydrogen) atoms. The van der Waals surface area contributed by atoms with Gasteiger partial charge >= 0.3 is 17.9 Å². The van der Waals surface area contributed by atoms with Gasteiger partial charge in [-0.3, -0.25) is 14.4 Å². The maximum atomic E-state index is 12.9. The molecule has 1 atom stereocenters. The summed E-state index contributed by atoms with van der Waals surface area (Å²) in [5.41, 5.74) is 0. The molecule has 0 N–H and O–H groups in total. The highest BCUT2D eigenvalue weighted by atomic mass is 16.6. The lowest BCUT2D eigenvalue weighted by Gasteiger charge is -2.18. The molecule has 6 heteroatoms. The molecule has 0 aromatic rings. The Labute approximate surface area is 479 Å². The second-order valence-electron chi connectivity index (χ2n) is 23.1. The van der Waals surface area contributed by atoms with E-state index in [1.54, 1.807) is 0 Å². The van der Waals surface area contributed by atoms with Crippen molar-refractivity contribution in [3.8, 4) is 0 Å². The summed E-state index contributed by atoms with van der Waals surface area (Å²) < 4.78 is 17.0. The van der Waals surface area contributed by atoms with Gasteiger partial charge in [0.1, 0.15) is 13.2 Å². The van der Waals surface area contributed by atoms with E-state index >= 15 is 0 Å². The van der Waals surface area contributed by atoms with Crippen LogP contribution in [0.4, 0.5) is 0 Å². The molecule has 0 spiro atoms. The Bertz CT molecular complexity index is 1330. The average molecular weight is 1080 g/mol. The summed E-state index contributed by atoms with van der Waals surface area (Å²) in [7, 11) is 0. The summed E-state index contributed by atoms with van der Waals surface area (Å²) in [6.07, 6.45) is 82.7. The van der Waals surface area contributed by atoms with Crippen LogP contribution < -0.4 is 0 Å². The molecule has 0 bridgehead atoms. The molecule has 0 saturated heterocycles. The predicted molar refractivity (Wildman–Crippen MR) is 335 cm³/mol. The molecule has 0 aliphatic heterocycles. The summed E-state index contributed by atoms with van der Waals surface area (Å²) >= 11 is 0. The normalized spacial score (nSPS) is 12.3. The third-order valence-corrected chi connectivity index (χ3v) is 15.3. The van der Waals surface area contributed by atoms with Crippen LogP contribution in [-0.4, -0.2) is 37.2 Å². The topological polar surface area (TPSA) is 78.9 Å². The van der Waals surface area contributed by atoms with Crippen molar-refractivity contribution in [3.63, 3.8) is 0 Å². The van der Waals surface area contributed by atoms with E-state index in [9.17, 15) is 14.4 Å². The lowest BCUT2D eigenvalue weighted by atomic mass is 10.0. The number of carbonyl (C=O) groups excluding carboxylic acids is 3. The summed E-state index contributed by atoms with van der Waals surface area (Å²) in [5, 5.41) is 0. The van der Waals surface area contributed by atoms with Crippen LogP contribution in [0.25, 0.3) is 0 Å². The van der Waals surface area contributed by atoms with Gasteiger partial charge in [0, 0.05) is 19.3 Å². The van der Waals surface area contributed by atoms with Crippen molar-refractivity contribution in [2.75, 3.05) is 13.2 Å². The second kappa shape index (κ2) is 65.9. The molecule has 0 rings (SSSR count). The van der Waals surface area contributed by atoms with Crippen LogP contribution >= 0.6 is 0 Å². The predicted octanol–water partition coefficient (Wildman–Crippen LogP) is 23.3. The molecule has 6 nitrogen and oxygen atoms in total. The van der Waals surface area contributed by atoms with E-state index in [-0.39, 0.29) is 31.1 Å². The van der Waals surface area contributed by atoms with Crippen LogP contribution in [0.15, 0.2) is 48.6 Å². The minimum absolute atomic E-state index is 0.0774. The zero-order valence-corrected chi connectivity index (χ0v) is 51.7. The first kappa shape index (κ1) is 74.4. The summed E-state index contributed by atoms with van der Waals surface area (Å²) in [5.74, 6) is -0.875. The minimum Gasteiger partial charge on any atom is -0.462 e. The number of esters is 3. The lowest BCUT2D eigenvalue weighted by Crippen LogP contribution is -2.30. The van der Waals surface area contributed by atoms with Gasteiger partial charge < -0.3 is 14.2 Å². The fourth-order valence-corrected chi connectivity index (χ4v) is 10.2. The van der Waals surface area contributed by atoms with Crippen LogP contribution in [0.5, 0.6) is 0 Å². The van der Waals surface area contributed by atoms with Crippen molar-refractivity contribution in [1.82, 2.24) is 0 Å². The number of allylic oxidation sites excluding steroid dienone is 8. The monoisotopic (exact) mass is 1080 g/mol. The first-order chi connectivity index (χ1) is 38.0. The van der Waals surface area contributed by atoms with Gasteiger partial charge in [0.15, 0.2) is 6.10 Å². The van der Waals surface area contributed by atoms with Gasteiger partial charge in [-0.1, -0.05) is 313 Å². The molecule has 1 unspecified atom stereocenters.